The molecule has 0 aromatic heterocycles. The van der Waals surface area contributed by atoms with E-state index in [0.717, 1.165) is 24.8 Å². The van der Waals surface area contributed by atoms with Gasteiger partial charge in [-0.05, 0) is 60.3 Å². The normalized spacial score (nSPS) is 23.2. The lowest BCUT2D eigenvalue weighted by atomic mass is 9.67. The minimum Gasteiger partial charge on any atom is -0.493 e. The van der Waals surface area contributed by atoms with Crippen molar-refractivity contribution in [2.75, 3.05) is 21.3 Å². The quantitative estimate of drug-likeness (QED) is 0.687. The number of hydrogen-bond acceptors (Lipinski definition) is 4. The largest absolute Gasteiger partial charge is 0.493 e. The Bertz CT molecular complexity index is 667. The standard InChI is InChI=1S/C22H32O5/c1-13(2)16-8-7-14(3)9-17(16)18(22(23)24)10-15-11-19(25-4)21(27-6)20(12-15)26-5/h10-14,16-17H,7-9H2,1-6H3,(H,23,24). The molecular weight excluding hydrogens is 344 g/mol. The maximum absolute atomic E-state index is 12.2. The van der Waals surface area contributed by atoms with E-state index in [1.807, 2.05) is 0 Å². The van der Waals surface area contributed by atoms with E-state index in [4.69, 9.17) is 14.2 Å². The van der Waals surface area contributed by atoms with Crippen LogP contribution in [-0.4, -0.2) is 32.4 Å². The zero-order chi connectivity index (χ0) is 20.1. The van der Waals surface area contributed by atoms with Crippen LogP contribution in [0.5, 0.6) is 17.2 Å². The van der Waals surface area contributed by atoms with Crippen molar-refractivity contribution in [3.8, 4) is 17.2 Å². The van der Waals surface area contributed by atoms with E-state index in [-0.39, 0.29) is 5.92 Å². The monoisotopic (exact) mass is 376 g/mol. The molecule has 1 fully saturated rings. The molecule has 0 amide bonds. The van der Waals surface area contributed by atoms with Crippen molar-refractivity contribution in [2.45, 2.75) is 40.0 Å². The number of hydrogen-bond donors (Lipinski definition) is 1. The molecule has 1 aromatic carbocycles. The van der Waals surface area contributed by atoms with E-state index in [2.05, 4.69) is 20.8 Å². The molecule has 1 aliphatic carbocycles. The number of carboxylic acid groups (broad SMARTS) is 1. The molecule has 1 saturated carbocycles. The summed E-state index contributed by atoms with van der Waals surface area (Å²) in [4.78, 5) is 12.2. The lowest BCUT2D eigenvalue weighted by Crippen LogP contribution is -2.31. The number of benzene rings is 1. The molecule has 0 radical (unpaired) electrons. The van der Waals surface area contributed by atoms with Gasteiger partial charge in [0.05, 0.1) is 21.3 Å². The molecular formula is C22H32O5. The summed E-state index contributed by atoms with van der Waals surface area (Å²) in [7, 11) is 4.66. The highest BCUT2D eigenvalue weighted by Crippen LogP contribution is 2.43. The summed E-state index contributed by atoms with van der Waals surface area (Å²) in [6.45, 7) is 6.58. The van der Waals surface area contributed by atoms with Gasteiger partial charge in [-0.1, -0.05) is 27.2 Å². The fraction of sp³-hybridized carbons (Fsp3) is 0.591. The molecule has 1 aromatic rings. The Morgan fingerprint density at radius 2 is 1.70 bits per heavy atom. The number of carbonyl (C=O) groups is 1. The maximum atomic E-state index is 12.2. The summed E-state index contributed by atoms with van der Waals surface area (Å²) in [6, 6.07) is 3.59. The molecule has 5 nitrogen and oxygen atoms in total. The van der Waals surface area contributed by atoms with Gasteiger partial charge in [-0.25, -0.2) is 4.79 Å². The third-order valence-electron chi connectivity index (χ3n) is 5.68. The van der Waals surface area contributed by atoms with Crippen molar-refractivity contribution in [3.05, 3.63) is 23.3 Å². The van der Waals surface area contributed by atoms with Crippen LogP contribution in [0.4, 0.5) is 0 Å². The molecule has 3 atom stereocenters. The Kier molecular flexibility index (Phi) is 7.17. The van der Waals surface area contributed by atoms with Crippen molar-refractivity contribution in [2.24, 2.45) is 23.7 Å². The van der Waals surface area contributed by atoms with Crippen LogP contribution in [0.2, 0.25) is 0 Å². The maximum Gasteiger partial charge on any atom is 0.331 e. The van der Waals surface area contributed by atoms with Crippen LogP contribution < -0.4 is 14.2 Å². The van der Waals surface area contributed by atoms with Gasteiger partial charge in [-0.15, -0.1) is 0 Å². The van der Waals surface area contributed by atoms with Crippen molar-refractivity contribution < 1.29 is 24.1 Å². The molecule has 27 heavy (non-hydrogen) atoms. The van der Waals surface area contributed by atoms with Gasteiger partial charge in [0.15, 0.2) is 11.5 Å². The van der Waals surface area contributed by atoms with Gasteiger partial charge in [0.2, 0.25) is 5.75 Å². The van der Waals surface area contributed by atoms with Crippen LogP contribution in [0.3, 0.4) is 0 Å². The van der Waals surface area contributed by atoms with Gasteiger partial charge in [0, 0.05) is 5.57 Å². The lowest BCUT2D eigenvalue weighted by Gasteiger charge is -2.37. The van der Waals surface area contributed by atoms with E-state index >= 15 is 0 Å². The minimum atomic E-state index is -0.853. The van der Waals surface area contributed by atoms with Gasteiger partial charge in [0.1, 0.15) is 0 Å². The van der Waals surface area contributed by atoms with Gasteiger partial charge in [0.25, 0.3) is 0 Å². The molecule has 0 bridgehead atoms. The summed E-state index contributed by atoms with van der Waals surface area (Å²) in [5.74, 6) is 2.10. The minimum absolute atomic E-state index is 0.0466. The predicted octanol–water partition coefficient (Wildman–Crippen LogP) is 4.89. The third-order valence-corrected chi connectivity index (χ3v) is 5.68. The molecule has 150 valence electrons. The van der Waals surface area contributed by atoms with Crippen molar-refractivity contribution >= 4 is 12.0 Å². The Morgan fingerprint density at radius 3 is 2.15 bits per heavy atom. The highest BCUT2D eigenvalue weighted by Gasteiger charge is 2.35. The first-order valence-corrected chi connectivity index (χ1v) is 9.57. The molecule has 0 heterocycles. The summed E-state index contributed by atoms with van der Waals surface area (Å²) in [5, 5.41) is 9.97. The highest BCUT2D eigenvalue weighted by molar-refractivity contribution is 5.93. The number of rotatable bonds is 7. The molecule has 3 unspecified atom stereocenters. The second-order valence-corrected chi connectivity index (χ2v) is 7.80. The van der Waals surface area contributed by atoms with Gasteiger partial charge in [-0.2, -0.15) is 0 Å². The van der Waals surface area contributed by atoms with Crippen LogP contribution in [0.1, 0.15) is 45.6 Å². The fourth-order valence-corrected chi connectivity index (χ4v) is 4.25. The van der Waals surface area contributed by atoms with Crippen molar-refractivity contribution in [1.82, 2.24) is 0 Å². The topological polar surface area (TPSA) is 65.0 Å². The first-order valence-electron chi connectivity index (χ1n) is 9.57. The van der Waals surface area contributed by atoms with Crippen molar-refractivity contribution in [1.29, 1.82) is 0 Å². The first kappa shape index (κ1) is 21.1. The van der Waals surface area contributed by atoms with Crippen LogP contribution in [0.15, 0.2) is 17.7 Å². The van der Waals surface area contributed by atoms with Crippen LogP contribution in [0.25, 0.3) is 6.08 Å². The molecule has 0 saturated heterocycles. The predicted molar refractivity (Wildman–Crippen MR) is 107 cm³/mol. The second kappa shape index (κ2) is 9.16. The fourth-order valence-electron chi connectivity index (χ4n) is 4.25. The Labute approximate surface area is 162 Å². The van der Waals surface area contributed by atoms with Crippen LogP contribution >= 0.6 is 0 Å². The molecule has 1 N–H and O–H groups in total. The van der Waals surface area contributed by atoms with Crippen LogP contribution in [0, 0.1) is 23.7 Å². The van der Waals surface area contributed by atoms with Gasteiger partial charge < -0.3 is 19.3 Å². The molecule has 0 aliphatic heterocycles. The average Bonchev–Trinajstić information content (AvgIpc) is 2.64. The van der Waals surface area contributed by atoms with E-state index in [0.29, 0.717) is 40.6 Å². The van der Waals surface area contributed by atoms with Gasteiger partial charge in [-0.3, -0.25) is 0 Å². The zero-order valence-corrected chi connectivity index (χ0v) is 17.2. The molecule has 5 heteroatoms. The van der Waals surface area contributed by atoms with E-state index < -0.39 is 5.97 Å². The number of methoxy groups -OCH3 is 3. The lowest BCUT2D eigenvalue weighted by molar-refractivity contribution is -0.133. The number of aliphatic carboxylic acids is 1. The van der Waals surface area contributed by atoms with E-state index in [1.54, 1.807) is 39.5 Å². The van der Waals surface area contributed by atoms with Gasteiger partial charge >= 0.3 is 5.97 Å². The van der Waals surface area contributed by atoms with Crippen molar-refractivity contribution in [3.63, 3.8) is 0 Å². The van der Waals surface area contributed by atoms with E-state index in [9.17, 15) is 9.90 Å². The summed E-state index contributed by atoms with van der Waals surface area (Å²) in [6.07, 6.45) is 4.91. The van der Waals surface area contributed by atoms with E-state index in [1.165, 1.54) is 0 Å². The summed E-state index contributed by atoms with van der Waals surface area (Å²) < 4.78 is 16.2. The van der Waals surface area contributed by atoms with Crippen LogP contribution in [-0.2, 0) is 4.79 Å². The molecule has 2 rings (SSSR count). The SMILES string of the molecule is COc1cc(C=C(C(=O)O)C2CC(C)CCC2C(C)C)cc(OC)c1OC. The number of ether oxygens (including phenoxy) is 3. The zero-order valence-electron chi connectivity index (χ0n) is 17.2. The Hall–Kier alpha value is -2.17. The molecule has 0 spiro atoms. The molecule has 1 aliphatic rings. The first-order chi connectivity index (χ1) is 12.8. The number of carboxylic acids is 1. The average molecular weight is 376 g/mol. The summed E-state index contributed by atoms with van der Waals surface area (Å²) >= 11 is 0. The Morgan fingerprint density at radius 1 is 1.11 bits per heavy atom. The smallest absolute Gasteiger partial charge is 0.331 e. The second-order valence-electron chi connectivity index (χ2n) is 7.80. The Balaban J connectivity index is 2.52. The highest BCUT2D eigenvalue weighted by atomic mass is 16.5. The third kappa shape index (κ3) is 4.76. The summed E-state index contributed by atoms with van der Waals surface area (Å²) in [5.41, 5.74) is 1.21.